The highest BCUT2D eigenvalue weighted by Crippen LogP contribution is 2.23. The van der Waals surface area contributed by atoms with Gasteiger partial charge in [-0.05, 0) is 57.1 Å². The molecule has 0 spiro atoms. The normalized spacial score (nSPS) is 20.9. The standard InChI is InChI=1S/C13H21N3O2S/c1-9-6-12(14)13(7-10(9)2)19(17,18)15-11-4-5-16(3)8-11/h6-7,11,15H,4-5,8,14H2,1-3H3. The predicted molar refractivity (Wildman–Crippen MR) is 76.6 cm³/mol. The molecule has 1 aliphatic rings. The molecule has 0 bridgehead atoms. The predicted octanol–water partition coefficient (Wildman–Crippen LogP) is 0.868. The molecule has 106 valence electrons. The van der Waals surface area contributed by atoms with Crippen LogP contribution >= 0.6 is 0 Å². The van der Waals surface area contributed by atoms with E-state index in [9.17, 15) is 8.42 Å². The number of sulfonamides is 1. The van der Waals surface area contributed by atoms with Crippen LogP contribution in [0.3, 0.4) is 0 Å². The van der Waals surface area contributed by atoms with Crippen LogP contribution in [0.2, 0.25) is 0 Å². The highest BCUT2D eigenvalue weighted by molar-refractivity contribution is 7.89. The maximum Gasteiger partial charge on any atom is 0.242 e. The van der Waals surface area contributed by atoms with Crippen molar-refractivity contribution in [2.75, 3.05) is 25.9 Å². The molecular weight excluding hydrogens is 262 g/mol. The summed E-state index contributed by atoms with van der Waals surface area (Å²) in [7, 11) is -1.55. The summed E-state index contributed by atoms with van der Waals surface area (Å²) in [6.07, 6.45) is 0.834. The second-order valence-electron chi connectivity index (χ2n) is 5.34. The van der Waals surface area contributed by atoms with Gasteiger partial charge in [0.2, 0.25) is 10.0 Å². The molecule has 0 radical (unpaired) electrons. The van der Waals surface area contributed by atoms with Crippen LogP contribution in [0.5, 0.6) is 0 Å². The van der Waals surface area contributed by atoms with E-state index in [2.05, 4.69) is 9.62 Å². The third kappa shape index (κ3) is 3.08. The number of nitrogens with zero attached hydrogens (tertiary/aromatic N) is 1. The molecule has 3 N–H and O–H groups in total. The van der Waals surface area contributed by atoms with E-state index >= 15 is 0 Å². The van der Waals surface area contributed by atoms with Gasteiger partial charge in [-0.3, -0.25) is 0 Å². The third-order valence-corrected chi connectivity index (χ3v) is 5.21. The molecule has 1 atom stereocenters. The summed E-state index contributed by atoms with van der Waals surface area (Å²) < 4.78 is 27.5. The molecule has 1 saturated heterocycles. The van der Waals surface area contributed by atoms with E-state index in [0.717, 1.165) is 30.6 Å². The Hall–Kier alpha value is -1.11. The molecule has 0 amide bonds. The summed E-state index contributed by atoms with van der Waals surface area (Å²) >= 11 is 0. The first-order valence-corrected chi connectivity index (χ1v) is 7.85. The first kappa shape index (κ1) is 14.3. The summed E-state index contributed by atoms with van der Waals surface area (Å²) in [6, 6.07) is 3.33. The van der Waals surface area contributed by atoms with Gasteiger partial charge >= 0.3 is 0 Å². The first-order chi connectivity index (χ1) is 8.79. The van der Waals surface area contributed by atoms with E-state index < -0.39 is 10.0 Å². The van der Waals surface area contributed by atoms with Crippen LogP contribution in [0, 0.1) is 13.8 Å². The molecule has 2 rings (SSSR count). The van der Waals surface area contributed by atoms with Crippen LogP contribution < -0.4 is 10.5 Å². The maximum absolute atomic E-state index is 12.4. The molecule has 1 aliphatic heterocycles. The van der Waals surface area contributed by atoms with Gasteiger partial charge in [0.05, 0.1) is 5.69 Å². The Labute approximate surface area is 114 Å². The number of benzene rings is 1. The number of nitrogens with two attached hydrogens (primary N) is 1. The lowest BCUT2D eigenvalue weighted by atomic mass is 10.1. The third-order valence-electron chi connectivity index (χ3n) is 3.63. The Morgan fingerprint density at radius 3 is 2.53 bits per heavy atom. The lowest BCUT2D eigenvalue weighted by Gasteiger charge is -2.15. The van der Waals surface area contributed by atoms with E-state index in [-0.39, 0.29) is 10.9 Å². The fraction of sp³-hybridized carbons (Fsp3) is 0.538. The molecule has 1 heterocycles. The molecule has 5 nitrogen and oxygen atoms in total. The first-order valence-electron chi connectivity index (χ1n) is 6.37. The van der Waals surface area contributed by atoms with Gasteiger partial charge < -0.3 is 10.6 Å². The quantitative estimate of drug-likeness (QED) is 0.807. The second kappa shape index (κ2) is 5.11. The average Bonchev–Trinajstić information content (AvgIpc) is 2.68. The molecule has 0 saturated carbocycles. The topological polar surface area (TPSA) is 75.4 Å². The molecule has 19 heavy (non-hydrogen) atoms. The zero-order valence-electron chi connectivity index (χ0n) is 11.6. The largest absolute Gasteiger partial charge is 0.398 e. The second-order valence-corrected chi connectivity index (χ2v) is 7.03. The van der Waals surface area contributed by atoms with Crippen molar-refractivity contribution in [3.8, 4) is 0 Å². The number of aryl methyl sites for hydroxylation is 2. The molecule has 1 aromatic carbocycles. The summed E-state index contributed by atoms with van der Waals surface area (Å²) in [6.45, 7) is 5.46. The average molecular weight is 283 g/mol. The lowest BCUT2D eigenvalue weighted by Crippen LogP contribution is -2.36. The zero-order chi connectivity index (χ0) is 14.2. The minimum atomic E-state index is -3.54. The fourth-order valence-electron chi connectivity index (χ4n) is 2.36. The summed E-state index contributed by atoms with van der Waals surface area (Å²) in [4.78, 5) is 2.29. The van der Waals surface area contributed by atoms with Crippen LogP contribution in [0.4, 0.5) is 5.69 Å². The van der Waals surface area contributed by atoms with Gasteiger partial charge in [-0.25, -0.2) is 13.1 Å². The Balaban J connectivity index is 2.27. The Bertz CT molecular complexity index is 584. The van der Waals surface area contributed by atoms with Crippen molar-refractivity contribution in [2.24, 2.45) is 0 Å². The number of likely N-dealkylation sites (N-methyl/N-ethyl adjacent to an activating group) is 1. The number of hydrogen-bond acceptors (Lipinski definition) is 4. The monoisotopic (exact) mass is 283 g/mol. The number of anilines is 1. The van der Waals surface area contributed by atoms with Crippen molar-refractivity contribution in [2.45, 2.75) is 31.2 Å². The number of likely N-dealkylation sites (tertiary alicyclic amines) is 1. The van der Waals surface area contributed by atoms with Crippen molar-refractivity contribution in [1.82, 2.24) is 9.62 Å². The van der Waals surface area contributed by atoms with Gasteiger partial charge in [0.1, 0.15) is 4.90 Å². The van der Waals surface area contributed by atoms with E-state index in [0.29, 0.717) is 5.69 Å². The molecule has 0 aliphatic carbocycles. The number of rotatable bonds is 3. The number of nitrogens with one attached hydrogen (secondary N) is 1. The highest BCUT2D eigenvalue weighted by Gasteiger charge is 2.26. The van der Waals surface area contributed by atoms with Gasteiger partial charge in [-0.1, -0.05) is 0 Å². The van der Waals surface area contributed by atoms with Gasteiger partial charge in [0, 0.05) is 12.6 Å². The van der Waals surface area contributed by atoms with Crippen molar-refractivity contribution >= 4 is 15.7 Å². The van der Waals surface area contributed by atoms with Crippen molar-refractivity contribution in [1.29, 1.82) is 0 Å². The van der Waals surface area contributed by atoms with Gasteiger partial charge in [0.25, 0.3) is 0 Å². The van der Waals surface area contributed by atoms with Crippen LogP contribution in [-0.4, -0.2) is 39.5 Å². The lowest BCUT2D eigenvalue weighted by molar-refractivity contribution is 0.407. The fourth-order valence-corrected chi connectivity index (χ4v) is 3.82. The minimum Gasteiger partial charge on any atom is -0.398 e. The minimum absolute atomic E-state index is 0.0315. The van der Waals surface area contributed by atoms with E-state index in [1.54, 1.807) is 12.1 Å². The van der Waals surface area contributed by atoms with E-state index in [4.69, 9.17) is 5.73 Å². The number of nitrogen functional groups attached to an aromatic ring is 1. The van der Waals surface area contributed by atoms with Gasteiger partial charge in [0.15, 0.2) is 0 Å². The van der Waals surface area contributed by atoms with Gasteiger partial charge in [-0.2, -0.15) is 0 Å². The Morgan fingerprint density at radius 1 is 1.32 bits per heavy atom. The van der Waals surface area contributed by atoms with Gasteiger partial charge in [-0.15, -0.1) is 0 Å². The van der Waals surface area contributed by atoms with Crippen molar-refractivity contribution < 1.29 is 8.42 Å². The SMILES string of the molecule is Cc1cc(N)c(S(=O)(=O)NC2CCN(C)C2)cc1C. The highest BCUT2D eigenvalue weighted by atomic mass is 32.2. The van der Waals surface area contributed by atoms with Crippen molar-refractivity contribution in [3.63, 3.8) is 0 Å². The zero-order valence-corrected chi connectivity index (χ0v) is 12.4. The summed E-state index contributed by atoms with van der Waals surface area (Å²) in [5, 5.41) is 0. The molecule has 6 heteroatoms. The molecule has 1 aromatic rings. The van der Waals surface area contributed by atoms with Crippen LogP contribution in [0.15, 0.2) is 17.0 Å². The Kier molecular flexibility index (Phi) is 3.85. The maximum atomic E-state index is 12.4. The molecule has 0 aromatic heterocycles. The van der Waals surface area contributed by atoms with Crippen LogP contribution in [0.25, 0.3) is 0 Å². The van der Waals surface area contributed by atoms with Crippen LogP contribution in [-0.2, 0) is 10.0 Å². The molecule has 1 unspecified atom stereocenters. The van der Waals surface area contributed by atoms with E-state index in [1.807, 2.05) is 20.9 Å². The van der Waals surface area contributed by atoms with Crippen LogP contribution in [0.1, 0.15) is 17.5 Å². The Morgan fingerprint density at radius 2 is 1.95 bits per heavy atom. The molecule has 1 fully saturated rings. The van der Waals surface area contributed by atoms with E-state index in [1.165, 1.54) is 0 Å². The summed E-state index contributed by atoms with van der Waals surface area (Å²) in [5.74, 6) is 0. The molecular formula is C13H21N3O2S. The smallest absolute Gasteiger partial charge is 0.242 e. The summed E-state index contributed by atoms with van der Waals surface area (Å²) in [5.41, 5.74) is 8.08. The van der Waals surface area contributed by atoms with Crippen molar-refractivity contribution in [3.05, 3.63) is 23.3 Å². The number of hydrogen-bond donors (Lipinski definition) is 2.